The van der Waals surface area contributed by atoms with Crippen molar-refractivity contribution in [2.24, 2.45) is 7.05 Å². The number of piperidine rings is 1. The van der Waals surface area contributed by atoms with E-state index >= 15 is 4.39 Å². The van der Waals surface area contributed by atoms with Gasteiger partial charge in [-0.2, -0.15) is 5.10 Å². The average molecular weight is 464 g/mol. The second-order valence-electron chi connectivity index (χ2n) is 9.05. The van der Waals surface area contributed by atoms with Crippen LogP contribution in [-0.2, 0) is 7.05 Å². The van der Waals surface area contributed by atoms with Crippen LogP contribution in [0.4, 0.5) is 15.8 Å². The molecule has 1 aliphatic heterocycles. The average Bonchev–Trinajstić information content (AvgIpc) is 3.33. The molecule has 3 aromatic heterocycles. The number of carbonyl (C=O) groups excluding carboxylic acids is 1. The molecule has 0 spiro atoms. The molecule has 178 valence electrons. The summed E-state index contributed by atoms with van der Waals surface area (Å²) in [4.78, 5) is 19.9. The van der Waals surface area contributed by atoms with Crippen molar-refractivity contribution in [2.75, 3.05) is 29.9 Å². The summed E-state index contributed by atoms with van der Waals surface area (Å²) >= 11 is 0. The molecule has 1 fully saturated rings. The molecule has 9 heteroatoms. The van der Waals surface area contributed by atoms with E-state index < -0.39 is 11.7 Å². The van der Waals surface area contributed by atoms with Crippen LogP contribution >= 0.6 is 0 Å². The number of carbonyl (C=O) groups is 1. The minimum atomic E-state index is -0.490. The van der Waals surface area contributed by atoms with Crippen LogP contribution in [0.1, 0.15) is 41.5 Å². The van der Waals surface area contributed by atoms with E-state index in [1.54, 1.807) is 34.5 Å². The van der Waals surface area contributed by atoms with Gasteiger partial charge in [0, 0.05) is 55.8 Å². The van der Waals surface area contributed by atoms with Crippen molar-refractivity contribution in [3.8, 4) is 0 Å². The second kappa shape index (κ2) is 8.72. The van der Waals surface area contributed by atoms with Crippen LogP contribution in [0.2, 0.25) is 0 Å². The Morgan fingerprint density at radius 1 is 1.18 bits per heavy atom. The largest absolute Gasteiger partial charge is 0.371 e. The minimum Gasteiger partial charge on any atom is -0.371 e. The van der Waals surface area contributed by atoms with Crippen molar-refractivity contribution in [3.05, 3.63) is 53.5 Å². The molecule has 0 saturated carbocycles. The standard InChI is InChI=1S/C25H30FN7O/c1-5-27-17-8-10-32(11-9-17)21-7-6-18(23-19(21)13-31(4)30-23)25(34)29-20-14-33-12-15(2)28-16(3)24(33)22(20)26/h6-7,12-14,17,27H,5,8-11H2,1-4H3,(H,29,34). The number of nitrogens with one attached hydrogen (secondary N) is 2. The van der Waals surface area contributed by atoms with Crippen molar-refractivity contribution in [3.63, 3.8) is 0 Å². The Morgan fingerprint density at radius 3 is 2.68 bits per heavy atom. The summed E-state index contributed by atoms with van der Waals surface area (Å²) in [6.45, 7) is 8.62. The van der Waals surface area contributed by atoms with Crippen molar-refractivity contribution < 1.29 is 9.18 Å². The molecule has 1 saturated heterocycles. The van der Waals surface area contributed by atoms with Crippen molar-refractivity contribution in [1.29, 1.82) is 0 Å². The number of fused-ring (bicyclic) bond motifs is 2. The van der Waals surface area contributed by atoms with Crippen LogP contribution < -0.4 is 15.5 Å². The topological polar surface area (TPSA) is 79.5 Å². The summed E-state index contributed by atoms with van der Waals surface area (Å²) < 4.78 is 18.5. The first-order valence-corrected chi connectivity index (χ1v) is 11.8. The van der Waals surface area contributed by atoms with E-state index in [0.29, 0.717) is 28.3 Å². The van der Waals surface area contributed by atoms with Gasteiger partial charge in [-0.15, -0.1) is 0 Å². The van der Waals surface area contributed by atoms with Gasteiger partial charge in [-0.1, -0.05) is 6.92 Å². The van der Waals surface area contributed by atoms with Crippen LogP contribution in [0, 0.1) is 19.7 Å². The Bertz CT molecular complexity index is 1380. The van der Waals surface area contributed by atoms with Gasteiger partial charge in [-0.25, -0.2) is 4.39 Å². The number of benzene rings is 1. The van der Waals surface area contributed by atoms with Gasteiger partial charge in [0.1, 0.15) is 11.0 Å². The van der Waals surface area contributed by atoms with E-state index in [2.05, 4.69) is 32.5 Å². The molecule has 8 nitrogen and oxygen atoms in total. The van der Waals surface area contributed by atoms with Crippen molar-refractivity contribution in [1.82, 2.24) is 24.5 Å². The number of aryl methyl sites for hydroxylation is 3. The molecule has 0 bridgehead atoms. The summed E-state index contributed by atoms with van der Waals surface area (Å²) in [6, 6.07) is 4.32. The predicted octanol–water partition coefficient (Wildman–Crippen LogP) is 3.81. The fraction of sp³-hybridized carbons (Fsp3) is 0.400. The Kier molecular flexibility index (Phi) is 5.73. The highest BCUT2D eigenvalue weighted by atomic mass is 19.1. The molecule has 1 amide bonds. The van der Waals surface area contributed by atoms with Crippen molar-refractivity contribution in [2.45, 2.75) is 39.7 Å². The van der Waals surface area contributed by atoms with E-state index in [-0.39, 0.29) is 5.69 Å². The molecule has 0 radical (unpaired) electrons. The smallest absolute Gasteiger partial charge is 0.258 e. The number of anilines is 2. The van der Waals surface area contributed by atoms with Gasteiger partial charge < -0.3 is 19.9 Å². The number of aromatic nitrogens is 4. The summed E-state index contributed by atoms with van der Waals surface area (Å²) in [5, 5.41) is 11.8. The molecule has 5 rings (SSSR count). The lowest BCUT2D eigenvalue weighted by molar-refractivity contribution is 0.102. The molecular weight excluding hydrogens is 433 g/mol. The first-order valence-electron chi connectivity index (χ1n) is 11.8. The summed E-state index contributed by atoms with van der Waals surface area (Å²) in [7, 11) is 1.85. The third kappa shape index (κ3) is 3.90. The summed E-state index contributed by atoms with van der Waals surface area (Å²) in [6.07, 6.45) is 7.43. The van der Waals surface area contributed by atoms with Gasteiger partial charge in [0.05, 0.1) is 22.6 Å². The number of hydrogen-bond acceptors (Lipinski definition) is 5. The molecular formula is C25H30FN7O. The molecule has 4 heterocycles. The summed E-state index contributed by atoms with van der Waals surface area (Å²) in [5.41, 5.74) is 3.95. The SMILES string of the molecule is CCNC1CCN(c2ccc(C(=O)Nc3cn4cc(C)nc(C)c4c3F)c3nn(C)cc23)CC1. The van der Waals surface area contributed by atoms with E-state index in [1.165, 1.54) is 0 Å². The highest BCUT2D eigenvalue weighted by Crippen LogP contribution is 2.32. The fourth-order valence-electron chi connectivity index (χ4n) is 5.05. The van der Waals surface area contributed by atoms with Gasteiger partial charge in [0.25, 0.3) is 5.91 Å². The quantitative estimate of drug-likeness (QED) is 0.471. The van der Waals surface area contributed by atoms with Gasteiger partial charge in [0.2, 0.25) is 0 Å². The zero-order valence-electron chi connectivity index (χ0n) is 20.0. The highest BCUT2D eigenvalue weighted by molar-refractivity contribution is 6.14. The van der Waals surface area contributed by atoms with Crippen LogP contribution in [-0.4, -0.2) is 50.7 Å². The fourth-order valence-corrected chi connectivity index (χ4v) is 5.05. The number of hydrogen-bond donors (Lipinski definition) is 2. The number of nitrogens with zero attached hydrogens (tertiary/aromatic N) is 5. The molecule has 4 aromatic rings. The highest BCUT2D eigenvalue weighted by Gasteiger charge is 2.24. The number of rotatable bonds is 5. The lowest BCUT2D eigenvalue weighted by Gasteiger charge is -2.34. The van der Waals surface area contributed by atoms with E-state index in [0.717, 1.165) is 49.2 Å². The monoisotopic (exact) mass is 463 g/mol. The maximum atomic E-state index is 15.1. The van der Waals surface area contributed by atoms with Crippen molar-refractivity contribution >= 4 is 33.7 Å². The number of amides is 1. The Morgan fingerprint density at radius 2 is 1.94 bits per heavy atom. The molecule has 1 aliphatic rings. The number of halogens is 1. The van der Waals surface area contributed by atoms with E-state index in [1.807, 2.05) is 26.2 Å². The Balaban J connectivity index is 1.45. The normalized spacial score (nSPS) is 14.9. The lowest BCUT2D eigenvalue weighted by atomic mass is 10.0. The maximum Gasteiger partial charge on any atom is 0.258 e. The molecule has 34 heavy (non-hydrogen) atoms. The van der Waals surface area contributed by atoms with Crippen LogP contribution in [0.25, 0.3) is 16.4 Å². The lowest BCUT2D eigenvalue weighted by Crippen LogP contribution is -2.42. The van der Waals surface area contributed by atoms with Gasteiger partial charge in [0.15, 0.2) is 5.82 Å². The van der Waals surface area contributed by atoms with Gasteiger partial charge in [-0.3, -0.25) is 14.5 Å². The Hall–Kier alpha value is -3.46. The molecule has 2 N–H and O–H groups in total. The van der Waals surface area contributed by atoms with Crippen LogP contribution in [0.5, 0.6) is 0 Å². The van der Waals surface area contributed by atoms with Gasteiger partial charge >= 0.3 is 0 Å². The third-order valence-corrected chi connectivity index (χ3v) is 6.57. The molecule has 0 aliphatic carbocycles. The minimum absolute atomic E-state index is 0.124. The Labute approximate surface area is 197 Å². The third-order valence-electron chi connectivity index (χ3n) is 6.57. The second-order valence-corrected chi connectivity index (χ2v) is 9.05. The molecule has 0 unspecified atom stereocenters. The first kappa shape index (κ1) is 22.3. The zero-order valence-corrected chi connectivity index (χ0v) is 20.0. The zero-order chi connectivity index (χ0) is 24.0. The van der Waals surface area contributed by atoms with E-state index in [9.17, 15) is 4.79 Å². The van der Waals surface area contributed by atoms with Crippen LogP contribution in [0.15, 0.2) is 30.7 Å². The summed E-state index contributed by atoms with van der Waals surface area (Å²) in [5.74, 6) is -0.881. The van der Waals surface area contributed by atoms with Crippen LogP contribution in [0.3, 0.4) is 0 Å². The first-order chi connectivity index (χ1) is 16.4. The molecule has 0 atom stereocenters. The maximum absolute atomic E-state index is 15.1. The van der Waals surface area contributed by atoms with Gasteiger partial charge in [-0.05, 0) is 45.4 Å². The molecule has 1 aromatic carbocycles. The predicted molar refractivity (Wildman–Crippen MR) is 132 cm³/mol. The van der Waals surface area contributed by atoms with E-state index in [4.69, 9.17) is 0 Å².